The molecule has 2 aliphatic rings. The second-order valence-electron chi connectivity index (χ2n) is 11.7. The minimum absolute atomic E-state index is 0. The van der Waals surface area contributed by atoms with Gasteiger partial charge in [0.05, 0.1) is 6.04 Å². The lowest BCUT2D eigenvalue weighted by Crippen LogP contribution is -2.55. The summed E-state index contributed by atoms with van der Waals surface area (Å²) in [6, 6.07) is 14.0. The van der Waals surface area contributed by atoms with Gasteiger partial charge in [0.25, 0.3) is 0 Å². The lowest BCUT2D eigenvalue weighted by molar-refractivity contribution is -0.136. The fourth-order valence-corrected chi connectivity index (χ4v) is 7.31. The Kier molecular flexibility index (Phi) is 12.9. The summed E-state index contributed by atoms with van der Waals surface area (Å²) in [5.41, 5.74) is 9.69. The predicted molar refractivity (Wildman–Crippen MR) is 181 cm³/mol. The van der Waals surface area contributed by atoms with Gasteiger partial charge in [0, 0.05) is 54.8 Å². The third-order valence-electron chi connectivity index (χ3n) is 8.84. The van der Waals surface area contributed by atoms with Crippen LogP contribution in [0.3, 0.4) is 0 Å². The molecule has 1 atom stereocenters. The number of likely N-dealkylation sites (tertiary alicyclic amines) is 1. The van der Waals surface area contributed by atoms with E-state index in [9.17, 15) is 18.7 Å². The average Bonchev–Trinajstić information content (AvgIpc) is 3.03. The van der Waals surface area contributed by atoms with Crippen LogP contribution in [0.1, 0.15) is 30.9 Å². The van der Waals surface area contributed by atoms with Crippen molar-refractivity contribution in [3.05, 3.63) is 82.4 Å². The van der Waals surface area contributed by atoms with E-state index in [1.807, 2.05) is 17.0 Å². The molecule has 2 fully saturated rings. The van der Waals surface area contributed by atoms with Crippen molar-refractivity contribution in [3.8, 4) is 16.9 Å². The molecule has 0 aliphatic carbocycles. The molecule has 2 saturated heterocycles. The number of thioether (sulfide) groups is 1. The van der Waals surface area contributed by atoms with E-state index >= 15 is 0 Å². The molecule has 6 nitrogen and oxygen atoms in total. The number of piperazine rings is 1. The molecule has 0 radical (unpaired) electrons. The number of hydrogen-bond donors (Lipinski definition) is 2. The summed E-state index contributed by atoms with van der Waals surface area (Å²) in [5, 5.41) is 10.5. The third kappa shape index (κ3) is 9.11. The summed E-state index contributed by atoms with van der Waals surface area (Å²) in [7, 11) is 0. The van der Waals surface area contributed by atoms with E-state index in [4.69, 9.17) is 17.3 Å². The smallest absolute Gasteiger partial charge is 0.239 e. The van der Waals surface area contributed by atoms with Gasteiger partial charge in [-0.1, -0.05) is 30.7 Å². The number of piperidine rings is 1. The van der Waals surface area contributed by atoms with E-state index in [0.717, 1.165) is 79.4 Å². The molecule has 0 aromatic heterocycles. The van der Waals surface area contributed by atoms with Gasteiger partial charge in [0.1, 0.15) is 17.4 Å². The van der Waals surface area contributed by atoms with E-state index < -0.39 is 6.04 Å². The zero-order valence-electron chi connectivity index (χ0n) is 25.6. The van der Waals surface area contributed by atoms with Crippen molar-refractivity contribution in [2.75, 3.05) is 51.6 Å². The summed E-state index contributed by atoms with van der Waals surface area (Å²) in [6.07, 6.45) is 2.37. The van der Waals surface area contributed by atoms with Crippen molar-refractivity contribution < 1.29 is 18.7 Å². The molecular formula is C34H42Cl2F2N4O2S. The first kappa shape index (κ1) is 35.5. The number of amides is 1. The maximum atomic E-state index is 14.6. The van der Waals surface area contributed by atoms with Crippen LogP contribution in [-0.2, 0) is 17.8 Å². The Balaban J connectivity index is 0.00000461. The van der Waals surface area contributed by atoms with Crippen LogP contribution < -0.4 is 5.73 Å². The van der Waals surface area contributed by atoms with E-state index in [2.05, 4.69) is 16.7 Å². The van der Waals surface area contributed by atoms with Crippen LogP contribution in [0, 0.1) is 17.6 Å². The number of hydrogen-bond acceptors (Lipinski definition) is 6. The first-order valence-electron chi connectivity index (χ1n) is 15.4. The van der Waals surface area contributed by atoms with Crippen LogP contribution in [0.2, 0.25) is 5.02 Å². The number of benzene rings is 3. The van der Waals surface area contributed by atoms with E-state index in [-0.39, 0.29) is 41.6 Å². The van der Waals surface area contributed by atoms with E-state index in [1.165, 1.54) is 24.3 Å². The van der Waals surface area contributed by atoms with Crippen LogP contribution in [-0.4, -0.2) is 83.3 Å². The zero-order chi connectivity index (χ0) is 31.2. The van der Waals surface area contributed by atoms with Crippen molar-refractivity contribution in [3.63, 3.8) is 0 Å². The average molecular weight is 680 g/mol. The molecule has 2 aliphatic heterocycles. The third-order valence-corrected chi connectivity index (χ3v) is 10.1. The van der Waals surface area contributed by atoms with Crippen molar-refractivity contribution >= 4 is 41.7 Å². The number of aromatic hydroxyl groups is 1. The predicted octanol–water partition coefficient (Wildman–Crippen LogP) is 6.45. The molecule has 3 aromatic rings. The molecule has 45 heavy (non-hydrogen) atoms. The molecule has 0 saturated carbocycles. The standard InChI is InChI=1S/C34H41ClF2N4O2S.ClH/c1-2-44-32-20-27(36)5-3-25(32)22-40-15-17-41(18-16-40)34(43)33(38)23-9-12-39(13-10-23)14-11-24-19-26(35)4-7-29(24)30-21-28(42)6-8-31(30)37;/h3-8,19-21,23,33,42H,2,9-18,22,38H2,1H3;1H/t33-;/m1./s1. The van der Waals surface area contributed by atoms with Gasteiger partial charge < -0.3 is 20.6 Å². The Labute approximate surface area is 280 Å². The molecule has 5 rings (SSSR count). The highest BCUT2D eigenvalue weighted by atomic mass is 35.5. The Morgan fingerprint density at radius 2 is 1.69 bits per heavy atom. The number of phenolic OH excluding ortho intramolecular Hbond substituents is 1. The Bertz CT molecular complexity index is 1450. The van der Waals surface area contributed by atoms with Crippen LogP contribution >= 0.6 is 35.8 Å². The molecule has 0 spiro atoms. The Morgan fingerprint density at radius 3 is 2.40 bits per heavy atom. The summed E-state index contributed by atoms with van der Waals surface area (Å²) >= 11 is 7.94. The molecule has 244 valence electrons. The second-order valence-corrected chi connectivity index (χ2v) is 13.4. The molecule has 3 N–H and O–H groups in total. The largest absolute Gasteiger partial charge is 0.508 e. The van der Waals surface area contributed by atoms with Gasteiger partial charge >= 0.3 is 0 Å². The topological polar surface area (TPSA) is 73.0 Å². The van der Waals surface area contributed by atoms with E-state index in [1.54, 1.807) is 30.0 Å². The molecule has 11 heteroatoms. The molecule has 1 amide bonds. The number of carbonyl (C=O) groups is 1. The molecule has 0 unspecified atom stereocenters. The summed E-state index contributed by atoms with van der Waals surface area (Å²) in [5.74, 6) is 0.469. The minimum Gasteiger partial charge on any atom is -0.508 e. The minimum atomic E-state index is -0.512. The quantitative estimate of drug-likeness (QED) is 0.240. The highest BCUT2D eigenvalue weighted by molar-refractivity contribution is 7.99. The molecular weight excluding hydrogens is 637 g/mol. The van der Waals surface area contributed by atoms with Gasteiger partial charge in [-0.15, -0.1) is 24.2 Å². The monoisotopic (exact) mass is 678 g/mol. The summed E-state index contributed by atoms with van der Waals surface area (Å²) in [6.45, 7) is 8.08. The van der Waals surface area contributed by atoms with E-state index in [0.29, 0.717) is 30.1 Å². The van der Waals surface area contributed by atoms with Crippen molar-refractivity contribution in [1.82, 2.24) is 14.7 Å². The maximum Gasteiger partial charge on any atom is 0.239 e. The maximum absolute atomic E-state index is 14.6. The SMILES string of the molecule is CCSc1cc(F)ccc1CN1CCN(C(=O)[C@H](N)C2CCN(CCc3cc(Cl)ccc3-c3cc(O)ccc3F)CC2)CC1.Cl. The zero-order valence-corrected chi connectivity index (χ0v) is 27.9. The van der Waals surface area contributed by atoms with Crippen molar-refractivity contribution in [1.29, 1.82) is 0 Å². The van der Waals surface area contributed by atoms with Gasteiger partial charge in [-0.05, 0) is 103 Å². The lowest BCUT2D eigenvalue weighted by atomic mass is 9.88. The van der Waals surface area contributed by atoms with Gasteiger partial charge in [-0.2, -0.15) is 0 Å². The van der Waals surface area contributed by atoms with Gasteiger partial charge in [-0.25, -0.2) is 8.78 Å². The molecule has 2 heterocycles. The fourth-order valence-electron chi connectivity index (χ4n) is 6.29. The molecule has 0 bridgehead atoms. The van der Waals surface area contributed by atoms with Crippen LogP contribution in [0.15, 0.2) is 59.5 Å². The normalized spacial score (nSPS) is 17.2. The highest BCUT2D eigenvalue weighted by Crippen LogP contribution is 2.32. The van der Waals surface area contributed by atoms with Crippen molar-refractivity contribution in [2.24, 2.45) is 11.7 Å². The van der Waals surface area contributed by atoms with Crippen molar-refractivity contribution in [2.45, 2.75) is 43.7 Å². The molecule has 3 aromatic carbocycles. The number of halogens is 4. The Hall–Kier alpha value is -2.40. The number of nitrogens with zero attached hydrogens (tertiary/aromatic N) is 3. The Morgan fingerprint density at radius 1 is 0.956 bits per heavy atom. The van der Waals surface area contributed by atoms with Crippen LogP contribution in [0.5, 0.6) is 5.75 Å². The lowest BCUT2D eigenvalue weighted by Gasteiger charge is -2.39. The number of phenols is 1. The van der Waals surface area contributed by atoms with Gasteiger partial charge in [-0.3, -0.25) is 9.69 Å². The summed E-state index contributed by atoms with van der Waals surface area (Å²) < 4.78 is 28.3. The first-order chi connectivity index (χ1) is 21.2. The first-order valence-corrected chi connectivity index (χ1v) is 16.8. The summed E-state index contributed by atoms with van der Waals surface area (Å²) in [4.78, 5) is 20.9. The van der Waals surface area contributed by atoms with Gasteiger partial charge in [0.2, 0.25) is 5.91 Å². The number of rotatable bonds is 10. The number of nitrogens with two attached hydrogens (primary N) is 1. The fraction of sp³-hybridized carbons (Fsp3) is 0.441. The van der Waals surface area contributed by atoms with Crippen LogP contribution in [0.25, 0.3) is 11.1 Å². The highest BCUT2D eigenvalue weighted by Gasteiger charge is 2.33. The number of carbonyl (C=O) groups excluding carboxylic acids is 1. The second kappa shape index (κ2) is 16.4. The van der Waals surface area contributed by atoms with Gasteiger partial charge in [0.15, 0.2) is 0 Å². The van der Waals surface area contributed by atoms with Crippen LogP contribution in [0.4, 0.5) is 8.78 Å².